The molecule has 1 aliphatic rings. The fourth-order valence-electron chi connectivity index (χ4n) is 4.18. The lowest BCUT2D eigenvalue weighted by Crippen LogP contribution is -2.42. The molecule has 0 atom stereocenters. The number of aromatic nitrogens is 3. The van der Waals surface area contributed by atoms with Crippen molar-refractivity contribution in [2.45, 2.75) is 30.6 Å². The highest BCUT2D eigenvalue weighted by Crippen LogP contribution is 2.33. The maximum absolute atomic E-state index is 13.0. The van der Waals surface area contributed by atoms with E-state index in [4.69, 9.17) is 11.6 Å². The number of carbonyl (C=O) groups is 2. The van der Waals surface area contributed by atoms with Gasteiger partial charge < -0.3 is 0 Å². The van der Waals surface area contributed by atoms with Crippen LogP contribution < -0.4 is 10.9 Å². The van der Waals surface area contributed by atoms with E-state index in [1.54, 1.807) is 35.7 Å². The third-order valence-electron chi connectivity index (χ3n) is 6.31. The number of halogens is 1. The number of aromatic amines is 1. The van der Waals surface area contributed by atoms with Gasteiger partial charge in [-0.25, -0.2) is 13.4 Å². The number of rotatable bonds is 5. The van der Waals surface area contributed by atoms with Gasteiger partial charge in [-0.2, -0.15) is 9.40 Å². The molecule has 0 radical (unpaired) electrons. The number of sulfonamides is 1. The van der Waals surface area contributed by atoms with Crippen molar-refractivity contribution < 1.29 is 18.0 Å². The normalized spacial score (nSPS) is 15.1. The van der Waals surface area contributed by atoms with Crippen LogP contribution in [-0.4, -0.2) is 52.8 Å². The van der Waals surface area contributed by atoms with Crippen LogP contribution in [0.2, 0.25) is 5.02 Å². The number of carbonyl (C=O) groups excluding carboxylic acids is 2. The molecule has 0 saturated carbocycles. The number of hydrazine groups is 1. The number of hydrogen-bond donors (Lipinski definition) is 3. The fraction of sp³-hybridized carbons (Fsp3) is 0.250. The van der Waals surface area contributed by atoms with Gasteiger partial charge in [0.05, 0.1) is 15.4 Å². The standard InChI is InChI=1S/C24H23ClN6O4S2/c1-14-6-7-16(12-18(14)25)37(34,35)31-10-8-15(9-11-31)24-26-20(13-36-24)22(32)29-30-23(33)21-17-4-2-3-5-19(17)27-28-21/h2-7,12-13,15H,8-11H2,1H3,(H,27,28)(H,29,32)(H,30,33). The summed E-state index contributed by atoms with van der Waals surface area (Å²) in [6.45, 7) is 2.50. The van der Waals surface area contributed by atoms with E-state index in [0.29, 0.717) is 41.9 Å². The highest BCUT2D eigenvalue weighted by atomic mass is 35.5. The number of amides is 2. The van der Waals surface area contributed by atoms with Crippen LogP contribution in [0.25, 0.3) is 10.9 Å². The van der Waals surface area contributed by atoms with Gasteiger partial charge in [0.25, 0.3) is 11.8 Å². The van der Waals surface area contributed by atoms with Gasteiger partial charge in [0, 0.05) is 34.8 Å². The number of hydrogen-bond acceptors (Lipinski definition) is 7. The van der Waals surface area contributed by atoms with E-state index in [9.17, 15) is 18.0 Å². The lowest BCUT2D eigenvalue weighted by atomic mass is 9.99. The maximum Gasteiger partial charge on any atom is 0.290 e. The molecule has 2 amide bonds. The van der Waals surface area contributed by atoms with Gasteiger partial charge in [-0.1, -0.05) is 35.9 Å². The molecule has 1 saturated heterocycles. The van der Waals surface area contributed by atoms with Crippen LogP contribution in [0.5, 0.6) is 0 Å². The summed E-state index contributed by atoms with van der Waals surface area (Å²) in [5.41, 5.74) is 6.62. The third kappa shape index (κ3) is 5.10. The molecule has 0 spiro atoms. The van der Waals surface area contributed by atoms with Crippen LogP contribution in [0.15, 0.2) is 52.7 Å². The zero-order valence-electron chi connectivity index (χ0n) is 19.7. The van der Waals surface area contributed by atoms with Gasteiger partial charge in [0.2, 0.25) is 10.0 Å². The monoisotopic (exact) mass is 558 g/mol. The van der Waals surface area contributed by atoms with Crippen molar-refractivity contribution in [1.82, 2.24) is 30.3 Å². The van der Waals surface area contributed by atoms with Crippen LogP contribution >= 0.6 is 22.9 Å². The van der Waals surface area contributed by atoms with Crippen LogP contribution in [0.1, 0.15) is 50.3 Å². The lowest BCUT2D eigenvalue weighted by Gasteiger charge is -2.30. The Kier molecular flexibility index (Phi) is 6.99. The SMILES string of the molecule is Cc1ccc(S(=O)(=O)N2CCC(c3nc(C(=O)NNC(=O)c4n[nH]c5ccccc45)cs3)CC2)cc1Cl. The average Bonchev–Trinajstić information content (AvgIpc) is 3.57. The maximum atomic E-state index is 13.0. The van der Waals surface area contributed by atoms with E-state index in [1.807, 2.05) is 13.0 Å². The van der Waals surface area contributed by atoms with Crippen molar-refractivity contribution in [3.8, 4) is 0 Å². The number of H-pyrrole nitrogens is 1. The van der Waals surface area contributed by atoms with Crippen LogP contribution in [0.4, 0.5) is 0 Å². The molecule has 3 N–H and O–H groups in total. The summed E-state index contributed by atoms with van der Waals surface area (Å²) in [5.74, 6) is -1.07. The number of fused-ring (bicyclic) bond motifs is 1. The molecular weight excluding hydrogens is 536 g/mol. The smallest absolute Gasteiger partial charge is 0.277 e. The van der Waals surface area contributed by atoms with Gasteiger partial charge in [0.1, 0.15) is 5.69 Å². The van der Waals surface area contributed by atoms with Crippen molar-refractivity contribution in [2.75, 3.05) is 13.1 Å². The molecule has 1 aliphatic heterocycles. The molecule has 0 aliphatic carbocycles. The van der Waals surface area contributed by atoms with Gasteiger partial charge in [0.15, 0.2) is 5.69 Å². The highest BCUT2D eigenvalue weighted by molar-refractivity contribution is 7.89. The Hall–Kier alpha value is -3.32. The second kappa shape index (κ2) is 10.2. The molecule has 10 nitrogen and oxygen atoms in total. The van der Waals surface area contributed by atoms with Crippen LogP contribution in [0.3, 0.4) is 0 Å². The van der Waals surface area contributed by atoms with E-state index in [2.05, 4.69) is 26.0 Å². The van der Waals surface area contributed by atoms with E-state index < -0.39 is 21.8 Å². The molecule has 5 rings (SSSR count). The Morgan fingerprint density at radius 3 is 2.59 bits per heavy atom. The molecule has 3 heterocycles. The van der Waals surface area contributed by atoms with Crippen molar-refractivity contribution in [1.29, 1.82) is 0 Å². The number of thiazole rings is 1. The lowest BCUT2D eigenvalue weighted by molar-refractivity contribution is 0.0842. The molecule has 4 aromatic rings. The van der Waals surface area contributed by atoms with Crippen molar-refractivity contribution in [3.05, 3.63) is 74.8 Å². The zero-order chi connectivity index (χ0) is 26.2. The van der Waals surface area contributed by atoms with Crippen LogP contribution in [0, 0.1) is 6.92 Å². The number of nitrogens with one attached hydrogen (secondary N) is 3. The predicted octanol–water partition coefficient (Wildman–Crippen LogP) is 3.62. The Morgan fingerprint density at radius 2 is 1.84 bits per heavy atom. The molecule has 37 heavy (non-hydrogen) atoms. The minimum absolute atomic E-state index is 0.0321. The molecule has 1 fully saturated rings. The van der Waals surface area contributed by atoms with E-state index in [1.165, 1.54) is 21.7 Å². The Labute approximate surface area is 222 Å². The number of benzene rings is 2. The first-order chi connectivity index (χ1) is 17.7. The number of para-hydroxylation sites is 1. The molecule has 192 valence electrons. The highest BCUT2D eigenvalue weighted by Gasteiger charge is 2.31. The van der Waals surface area contributed by atoms with Crippen molar-refractivity contribution >= 4 is 55.7 Å². The summed E-state index contributed by atoms with van der Waals surface area (Å²) in [6, 6.07) is 11.9. The zero-order valence-corrected chi connectivity index (χ0v) is 22.1. The molecule has 0 unspecified atom stereocenters. The summed E-state index contributed by atoms with van der Waals surface area (Å²) in [4.78, 5) is 29.7. The van der Waals surface area contributed by atoms with Crippen molar-refractivity contribution in [2.24, 2.45) is 0 Å². The Bertz CT molecular complexity index is 1590. The first kappa shape index (κ1) is 25.3. The second-order valence-electron chi connectivity index (χ2n) is 8.69. The minimum Gasteiger partial charge on any atom is -0.277 e. The van der Waals surface area contributed by atoms with E-state index >= 15 is 0 Å². The number of nitrogens with zero attached hydrogens (tertiary/aromatic N) is 3. The summed E-state index contributed by atoms with van der Waals surface area (Å²) < 4.78 is 27.5. The van der Waals surface area contributed by atoms with Crippen LogP contribution in [-0.2, 0) is 10.0 Å². The summed E-state index contributed by atoms with van der Waals surface area (Å²) in [6.07, 6.45) is 1.16. The van der Waals surface area contributed by atoms with E-state index in [0.717, 1.165) is 10.6 Å². The second-order valence-corrected chi connectivity index (χ2v) is 11.9. The quantitative estimate of drug-likeness (QED) is 0.320. The number of aryl methyl sites for hydroxylation is 1. The first-order valence-corrected chi connectivity index (χ1v) is 14.2. The number of piperidine rings is 1. The first-order valence-electron chi connectivity index (χ1n) is 11.5. The predicted molar refractivity (Wildman–Crippen MR) is 140 cm³/mol. The van der Waals surface area contributed by atoms with Gasteiger partial charge >= 0.3 is 0 Å². The van der Waals surface area contributed by atoms with Crippen molar-refractivity contribution in [3.63, 3.8) is 0 Å². The van der Waals surface area contributed by atoms with Gasteiger partial charge in [-0.15, -0.1) is 11.3 Å². The summed E-state index contributed by atoms with van der Waals surface area (Å²) in [7, 11) is -3.64. The molecule has 13 heteroatoms. The average molecular weight is 559 g/mol. The topological polar surface area (TPSA) is 137 Å². The Morgan fingerprint density at radius 1 is 1.11 bits per heavy atom. The van der Waals surface area contributed by atoms with Gasteiger partial charge in [-0.05, 0) is 43.5 Å². The summed E-state index contributed by atoms with van der Waals surface area (Å²) >= 11 is 7.47. The summed E-state index contributed by atoms with van der Waals surface area (Å²) in [5, 5.41) is 10.2. The minimum atomic E-state index is -3.64. The largest absolute Gasteiger partial charge is 0.290 e. The molecule has 2 aromatic heterocycles. The molecule has 2 aromatic carbocycles. The fourth-order valence-corrected chi connectivity index (χ4v) is 6.89. The van der Waals surface area contributed by atoms with E-state index in [-0.39, 0.29) is 22.2 Å². The molecular formula is C24H23ClN6O4S2. The van der Waals surface area contributed by atoms with Gasteiger partial charge in [-0.3, -0.25) is 25.5 Å². The molecule has 0 bridgehead atoms. The Balaban J connectivity index is 1.18. The third-order valence-corrected chi connectivity index (χ3v) is 9.62.